The number of aryl methyl sites for hydroxylation is 2. The van der Waals surface area contributed by atoms with Crippen LogP contribution in [0.25, 0.3) is 0 Å². The third kappa shape index (κ3) is 1.19. The lowest BCUT2D eigenvalue weighted by Crippen LogP contribution is -2.12. The van der Waals surface area contributed by atoms with Crippen LogP contribution in [0.2, 0.25) is 0 Å². The Bertz CT molecular complexity index is 277. The van der Waals surface area contributed by atoms with Gasteiger partial charge in [0.1, 0.15) is 0 Å². The molecule has 1 nitrogen and oxygen atoms in total. The molecule has 0 fully saturated rings. The van der Waals surface area contributed by atoms with Crippen molar-refractivity contribution < 1.29 is 0 Å². The van der Waals surface area contributed by atoms with Crippen LogP contribution in [-0.4, -0.2) is 7.05 Å². The lowest BCUT2D eigenvalue weighted by molar-refractivity contribution is 0.590. The highest BCUT2D eigenvalue weighted by atomic mass is 32.1. The van der Waals surface area contributed by atoms with Crippen LogP contribution < -0.4 is 5.32 Å². The molecule has 1 aromatic rings. The number of hydrogen-bond donors (Lipinski definition) is 1. The molecular weight excluding hydrogens is 166 g/mol. The van der Waals surface area contributed by atoms with Crippen LogP contribution in [0.1, 0.15) is 34.7 Å². The molecule has 0 saturated carbocycles. The summed E-state index contributed by atoms with van der Waals surface area (Å²) in [6.45, 7) is 2.23. The molecule has 0 aliphatic heterocycles. The molecule has 1 aromatic heterocycles. The van der Waals surface area contributed by atoms with Crippen LogP contribution >= 0.6 is 11.3 Å². The van der Waals surface area contributed by atoms with E-state index in [-0.39, 0.29) is 0 Å². The molecule has 0 aromatic carbocycles. The van der Waals surface area contributed by atoms with E-state index in [0.29, 0.717) is 6.04 Å². The lowest BCUT2D eigenvalue weighted by Gasteiger charge is -2.06. The summed E-state index contributed by atoms with van der Waals surface area (Å²) < 4.78 is 0. The Kier molecular flexibility index (Phi) is 2.20. The largest absolute Gasteiger partial charge is 0.313 e. The Labute approximate surface area is 77.8 Å². The van der Waals surface area contributed by atoms with E-state index in [0.717, 1.165) is 0 Å². The fourth-order valence-electron chi connectivity index (χ4n) is 1.90. The molecule has 0 radical (unpaired) electrons. The Morgan fingerprint density at radius 3 is 3.17 bits per heavy atom. The number of hydrogen-bond acceptors (Lipinski definition) is 2. The van der Waals surface area contributed by atoms with Crippen molar-refractivity contribution in [1.82, 2.24) is 5.32 Å². The minimum atomic E-state index is 0.636. The predicted molar refractivity (Wildman–Crippen MR) is 53.8 cm³/mol. The molecule has 1 aliphatic carbocycles. The topological polar surface area (TPSA) is 12.0 Å². The molecule has 2 heteroatoms. The molecule has 1 N–H and O–H groups in total. The molecule has 0 saturated heterocycles. The second kappa shape index (κ2) is 3.19. The van der Waals surface area contributed by atoms with Crippen LogP contribution in [0.5, 0.6) is 0 Å². The quantitative estimate of drug-likeness (QED) is 0.739. The van der Waals surface area contributed by atoms with Gasteiger partial charge in [-0.2, -0.15) is 0 Å². The molecule has 66 valence electrons. The van der Waals surface area contributed by atoms with Crippen molar-refractivity contribution in [2.45, 2.75) is 32.2 Å². The maximum Gasteiger partial charge on any atom is 0.0332 e. The second-order valence-electron chi connectivity index (χ2n) is 3.32. The molecular formula is C10H15NS. The summed E-state index contributed by atoms with van der Waals surface area (Å²) in [6, 6.07) is 3.02. The van der Waals surface area contributed by atoms with Gasteiger partial charge in [-0.3, -0.25) is 0 Å². The average molecular weight is 181 g/mol. The van der Waals surface area contributed by atoms with Crippen molar-refractivity contribution in [3.63, 3.8) is 0 Å². The van der Waals surface area contributed by atoms with E-state index in [4.69, 9.17) is 0 Å². The highest BCUT2D eigenvalue weighted by Gasteiger charge is 2.23. The van der Waals surface area contributed by atoms with Gasteiger partial charge in [0.05, 0.1) is 0 Å². The second-order valence-corrected chi connectivity index (χ2v) is 4.55. The molecule has 1 unspecified atom stereocenters. The number of rotatable bonds is 2. The van der Waals surface area contributed by atoms with Crippen molar-refractivity contribution >= 4 is 11.3 Å². The maximum absolute atomic E-state index is 3.36. The van der Waals surface area contributed by atoms with Gasteiger partial charge < -0.3 is 5.32 Å². The van der Waals surface area contributed by atoms with Crippen LogP contribution in [0.4, 0.5) is 0 Å². The number of thiophene rings is 1. The van der Waals surface area contributed by atoms with Crippen LogP contribution in [0.3, 0.4) is 0 Å². The summed E-state index contributed by atoms with van der Waals surface area (Å²) in [5, 5.41) is 3.36. The lowest BCUT2D eigenvalue weighted by atomic mass is 10.1. The Hall–Kier alpha value is -0.340. The van der Waals surface area contributed by atoms with Gasteiger partial charge in [0.25, 0.3) is 0 Å². The van der Waals surface area contributed by atoms with E-state index in [9.17, 15) is 0 Å². The first kappa shape index (κ1) is 8.27. The van der Waals surface area contributed by atoms with Crippen molar-refractivity contribution in [2.75, 3.05) is 7.05 Å². The smallest absolute Gasteiger partial charge is 0.0332 e. The summed E-state index contributed by atoms with van der Waals surface area (Å²) in [6.07, 6.45) is 3.77. The van der Waals surface area contributed by atoms with Crippen LogP contribution in [-0.2, 0) is 12.8 Å². The monoisotopic (exact) mass is 181 g/mol. The normalized spacial score (nSPS) is 21.3. The van der Waals surface area contributed by atoms with Gasteiger partial charge >= 0.3 is 0 Å². The van der Waals surface area contributed by atoms with Gasteiger partial charge in [-0.15, -0.1) is 11.3 Å². The zero-order valence-electron chi connectivity index (χ0n) is 7.68. The Balaban J connectivity index is 2.31. The van der Waals surface area contributed by atoms with Crippen LogP contribution in [0.15, 0.2) is 6.07 Å². The summed E-state index contributed by atoms with van der Waals surface area (Å²) in [5.41, 5.74) is 1.57. The van der Waals surface area contributed by atoms with Gasteiger partial charge in [0.15, 0.2) is 0 Å². The van der Waals surface area contributed by atoms with Crippen molar-refractivity contribution in [1.29, 1.82) is 0 Å². The molecule has 0 bridgehead atoms. The molecule has 0 amide bonds. The first-order valence-corrected chi connectivity index (χ1v) is 5.45. The van der Waals surface area contributed by atoms with Gasteiger partial charge in [-0.25, -0.2) is 0 Å². The van der Waals surface area contributed by atoms with Crippen LogP contribution in [0, 0.1) is 0 Å². The summed E-state index contributed by atoms with van der Waals surface area (Å²) in [7, 11) is 2.06. The van der Waals surface area contributed by atoms with Crippen molar-refractivity contribution in [3.8, 4) is 0 Å². The van der Waals surface area contributed by atoms with E-state index < -0.39 is 0 Å². The molecule has 0 spiro atoms. The number of fused-ring (bicyclic) bond motifs is 1. The Morgan fingerprint density at radius 1 is 1.67 bits per heavy atom. The fourth-order valence-corrected chi connectivity index (χ4v) is 3.08. The summed E-state index contributed by atoms with van der Waals surface area (Å²) in [4.78, 5) is 3.16. The molecule has 2 rings (SSSR count). The van der Waals surface area contributed by atoms with E-state index >= 15 is 0 Å². The fraction of sp³-hybridized carbons (Fsp3) is 0.600. The molecule has 1 atom stereocenters. The number of nitrogens with one attached hydrogen (secondary N) is 1. The molecule has 12 heavy (non-hydrogen) atoms. The average Bonchev–Trinajstić information content (AvgIpc) is 2.61. The SMILES string of the molecule is CCc1cc2c(s1)CCC2NC. The van der Waals surface area contributed by atoms with Gasteiger partial charge in [0.2, 0.25) is 0 Å². The van der Waals surface area contributed by atoms with E-state index in [1.807, 2.05) is 11.3 Å². The minimum Gasteiger partial charge on any atom is -0.313 e. The van der Waals surface area contributed by atoms with Gasteiger partial charge in [-0.05, 0) is 37.9 Å². The zero-order valence-corrected chi connectivity index (χ0v) is 8.50. The molecule has 1 heterocycles. The van der Waals surface area contributed by atoms with Crippen molar-refractivity contribution in [2.24, 2.45) is 0 Å². The standard InChI is InChI=1S/C10H15NS/c1-3-7-6-8-9(11-2)4-5-10(8)12-7/h6,9,11H,3-5H2,1-2H3. The van der Waals surface area contributed by atoms with E-state index in [2.05, 4.69) is 25.4 Å². The first-order chi connectivity index (χ1) is 5.85. The maximum atomic E-state index is 3.36. The molecule has 1 aliphatic rings. The van der Waals surface area contributed by atoms with Gasteiger partial charge in [0, 0.05) is 15.8 Å². The van der Waals surface area contributed by atoms with Gasteiger partial charge in [-0.1, -0.05) is 6.92 Å². The van der Waals surface area contributed by atoms with E-state index in [1.165, 1.54) is 19.3 Å². The predicted octanol–water partition coefficient (Wildman–Crippen LogP) is 2.52. The van der Waals surface area contributed by atoms with E-state index in [1.54, 1.807) is 15.3 Å². The highest BCUT2D eigenvalue weighted by Crippen LogP contribution is 2.37. The Morgan fingerprint density at radius 2 is 2.50 bits per heavy atom. The van der Waals surface area contributed by atoms with Crippen molar-refractivity contribution in [3.05, 3.63) is 21.4 Å². The zero-order chi connectivity index (χ0) is 8.55. The third-order valence-corrected chi connectivity index (χ3v) is 3.98. The third-order valence-electron chi connectivity index (χ3n) is 2.63. The first-order valence-electron chi connectivity index (χ1n) is 4.64. The minimum absolute atomic E-state index is 0.636. The summed E-state index contributed by atoms with van der Waals surface area (Å²) >= 11 is 2.00. The highest BCUT2D eigenvalue weighted by molar-refractivity contribution is 7.12. The summed E-state index contributed by atoms with van der Waals surface area (Å²) in [5.74, 6) is 0.